The molecular weight excluding hydrogens is 350 g/mol. The summed E-state index contributed by atoms with van der Waals surface area (Å²) >= 11 is 1.61. The number of hydrogen-bond acceptors (Lipinski definition) is 4. The average molecular weight is 366 g/mol. The molecule has 1 N–H and O–H groups in total. The smallest absolute Gasteiger partial charge is 0.304 e. The van der Waals surface area contributed by atoms with Gasteiger partial charge in [-0.2, -0.15) is 0 Å². The number of urea groups is 1. The highest BCUT2D eigenvalue weighted by atomic mass is 32.1. The summed E-state index contributed by atoms with van der Waals surface area (Å²) < 4.78 is 25.8. The van der Waals surface area contributed by atoms with Crippen molar-refractivity contribution in [2.45, 2.75) is 19.3 Å². The molecule has 0 bridgehead atoms. The Kier molecular flexibility index (Phi) is 4.67. The highest BCUT2D eigenvalue weighted by Gasteiger charge is 2.35. The molecule has 132 valence electrons. The van der Waals surface area contributed by atoms with Crippen LogP contribution in [0.15, 0.2) is 28.9 Å². The van der Waals surface area contributed by atoms with Gasteiger partial charge >= 0.3 is 6.03 Å². The number of aromatic amines is 1. The standard InChI is InChI=1S/C16H16F2N4O2S/c1-9-11-12(15(23)20-14(19-11)13(17)18)22(16(24)21(9)2)7-3-5-10-6-4-8-25-10/h4,6,8,13H,1,3,5,7H2,2H3,(H,19,20,23). The molecule has 0 radical (unpaired) electrons. The largest absolute Gasteiger partial charge is 0.328 e. The molecule has 9 heteroatoms. The summed E-state index contributed by atoms with van der Waals surface area (Å²) in [7, 11) is 1.48. The molecule has 25 heavy (non-hydrogen) atoms. The Balaban J connectivity index is 1.93. The van der Waals surface area contributed by atoms with Gasteiger partial charge in [0, 0.05) is 18.5 Å². The Morgan fingerprint density at radius 2 is 2.16 bits per heavy atom. The lowest BCUT2D eigenvalue weighted by Gasteiger charge is -2.35. The summed E-state index contributed by atoms with van der Waals surface area (Å²) in [4.78, 5) is 34.4. The van der Waals surface area contributed by atoms with Crippen LogP contribution >= 0.6 is 11.3 Å². The average Bonchev–Trinajstić information content (AvgIpc) is 3.09. The van der Waals surface area contributed by atoms with Crippen molar-refractivity contribution < 1.29 is 13.6 Å². The molecule has 0 saturated carbocycles. The van der Waals surface area contributed by atoms with E-state index in [2.05, 4.69) is 16.5 Å². The number of carbonyl (C=O) groups excluding carboxylic acids is 1. The van der Waals surface area contributed by atoms with Crippen LogP contribution in [0.25, 0.3) is 5.70 Å². The monoisotopic (exact) mass is 366 g/mol. The molecule has 3 rings (SSSR count). The van der Waals surface area contributed by atoms with Crippen LogP contribution in [0.1, 0.15) is 29.2 Å². The Morgan fingerprint density at radius 1 is 1.40 bits per heavy atom. The fraction of sp³-hybridized carbons (Fsp3) is 0.312. The lowest BCUT2D eigenvalue weighted by atomic mass is 10.1. The molecule has 2 aromatic heterocycles. The fourth-order valence-corrected chi connectivity index (χ4v) is 3.42. The number of H-pyrrole nitrogens is 1. The molecule has 0 fully saturated rings. The number of anilines is 1. The SMILES string of the molecule is C=C1c2nc(C(F)F)[nH]c(=O)c2N(CCCc2cccs2)C(=O)N1C. The minimum absolute atomic E-state index is 0.0114. The van der Waals surface area contributed by atoms with E-state index < -0.39 is 23.8 Å². The first-order valence-electron chi connectivity index (χ1n) is 7.59. The molecule has 0 aromatic carbocycles. The van der Waals surface area contributed by atoms with Crippen LogP contribution in [-0.2, 0) is 6.42 Å². The van der Waals surface area contributed by atoms with Crippen molar-refractivity contribution in [3.05, 3.63) is 50.8 Å². The normalized spacial score (nSPS) is 14.4. The number of fused-ring (bicyclic) bond motifs is 1. The third kappa shape index (κ3) is 3.19. The fourth-order valence-electron chi connectivity index (χ4n) is 2.66. The van der Waals surface area contributed by atoms with E-state index in [-0.39, 0.29) is 23.6 Å². The summed E-state index contributed by atoms with van der Waals surface area (Å²) in [5.41, 5.74) is -0.650. The van der Waals surface area contributed by atoms with E-state index in [1.165, 1.54) is 21.7 Å². The van der Waals surface area contributed by atoms with E-state index in [1.54, 1.807) is 11.3 Å². The maximum atomic E-state index is 12.9. The molecule has 0 unspecified atom stereocenters. The topological polar surface area (TPSA) is 69.3 Å². The summed E-state index contributed by atoms with van der Waals surface area (Å²) in [5.74, 6) is -0.730. The second kappa shape index (κ2) is 6.75. The third-order valence-corrected chi connectivity index (χ3v) is 4.91. The quantitative estimate of drug-likeness (QED) is 0.883. The molecule has 1 aliphatic heterocycles. The van der Waals surface area contributed by atoms with Gasteiger partial charge in [0.15, 0.2) is 5.82 Å². The van der Waals surface area contributed by atoms with Gasteiger partial charge in [-0.1, -0.05) is 12.6 Å². The van der Waals surface area contributed by atoms with Gasteiger partial charge in [-0.3, -0.25) is 14.6 Å². The zero-order chi connectivity index (χ0) is 18.1. The van der Waals surface area contributed by atoms with Crippen LogP contribution < -0.4 is 10.5 Å². The van der Waals surface area contributed by atoms with Crippen molar-refractivity contribution in [2.24, 2.45) is 0 Å². The van der Waals surface area contributed by atoms with Gasteiger partial charge in [-0.25, -0.2) is 18.6 Å². The van der Waals surface area contributed by atoms with Gasteiger partial charge < -0.3 is 4.98 Å². The molecule has 2 amide bonds. The van der Waals surface area contributed by atoms with E-state index in [9.17, 15) is 18.4 Å². The van der Waals surface area contributed by atoms with E-state index >= 15 is 0 Å². The third-order valence-electron chi connectivity index (χ3n) is 3.97. The van der Waals surface area contributed by atoms with Crippen molar-refractivity contribution in [2.75, 3.05) is 18.5 Å². The van der Waals surface area contributed by atoms with Crippen LogP contribution in [-0.4, -0.2) is 34.5 Å². The highest BCUT2D eigenvalue weighted by Crippen LogP contribution is 2.31. The predicted octanol–water partition coefficient (Wildman–Crippen LogP) is 3.24. The number of amides is 2. The number of aromatic nitrogens is 2. The number of nitrogens with zero attached hydrogens (tertiary/aromatic N) is 3. The number of nitrogens with one attached hydrogen (secondary N) is 1. The van der Waals surface area contributed by atoms with Crippen LogP contribution in [0.4, 0.5) is 19.3 Å². The number of carbonyl (C=O) groups is 1. The number of thiophene rings is 1. The Bertz CT molecular complexity index is 864. The molecule has 2 aromatic rings. The number of aryl methyl sites for hydroxylation is 1. The van der Waals surface area contributed by atoms with E-state index in [4.69, 9.17) is 0 Å². The number of rotatable bonds is 5. The van der Waals surface area contributed by atoms with Crippen molar-refractivity contribution in [3.63, 3.8) is 0 Å². The first-order valence-corrected chi connectivity index (χ1v) is 8.47. The predicted molar refractivity (Wildman–Crippen MR) is 92.0 cm³/mol. The van der Waals surface area contributed by atoms with Gasteiger partial charge in [0.25, 0.3) is 12.0 Å². The van der Waals surface area contributed by atoms with Crippen molar-refractivity contribution in [3.8, 4) is 0 Å². The molecule has 6 nitrogen and oxygen atoms in total. The number of halogens is 2. The molecule has 3 heterocycles. The number of alkyl halides is 2. The van der Waals surface area contributed by atoms with Crippen LogP contribution in [0, 0.1) is 0 Å². The summed E-state index contributed by atoms with van der Waals surface area (Å²) in [5, 5.41) is 1.97. The van der Waals surface area contributed by atoms with Crippen LogP contribution in [0.3, 0.4) is 0 Å². The van der Waals surface area contributed by atoms with Gasteiger partial charge in [-0.05, 0) is 24.3 Å². The van der Waals surface area contributed by atoms with Gasteiger partial charge in [0.2, 0.25) is 0 Å². The second-order valence-corrected chi connectivity index (χ2v) is 6.60. The zero-order valence-electron chi connectivity index (χ0n) is 13.5. The summed E-state index contributed by atoms with van der Waals surface area (Å²) in [6.07, 6.45) is -1.54. The molecular formula is C16H16F2N4O2S. The lowest BCUT2D eigenvalue weighted by Crippen LogP contribution is -2.48. The maximum Gasteiger partial charge on any atom is 0.328 e. The van der Waals surface area contributed by atoms with Gasteiger partial charge in [0.05, 0.1) is 5.70 Å². The number of hydrogen-bond donors (Lipinski definition) is 1. The second-order valence-electron chi connectivity index (χ2n) is 5.57. The van der Waals surface area contributed by atoms with Gasteiger partial charge in [0.1, 0.15) is 11.4 Å². The van der Waals surface area contributed by atoms with Crippen molar-refractivity contribution in [1.29, 1.82) is 0 Å². The Morgan fingerprint density at radius 3 is 2.80 bits per heavy atom. The summed E-state index contributed by atoms with van der Waals surface area (Å²) in [6, 6.07) is 3.51. The Hall–Kier alpha value is -2.55. The highest BCUT2D eigenvalue weighted by molar-refractivity contribution is 7.09. The van der Waals surface area contributed by atoms with Crippen molar-refractivity contribution in [1.82, 2.24) is 14.9 Å². The maximum absolute atomic E-state index is 12.9. The minimum atomic E-state index is -2.92. The summed E-state index contributed by atoms with van der Waals surface area (Å²) in [6.45, 7) is 3.98. The molecule has 0 aliphatic carbocycles. The first kappa shape index (κ1) is 17.3. The molecule has 1 aliphatic rings. The minimum Gasteiger partial charge on any atom is -0.304 e. The van der Waals surface area contributed by atoms with Gasteiger partial charge in [-0.15, -0.1) is 11.3 Å². The lowest BCUT2D eigenvalue weighted by molar-refractivity contribution is 0.140. The molecule has 0 saturated heterocycles. The molecule has 0 spiro atoms. The van der Waals surface area contributed by atoms with E-state index in [0.717, 1.165) is 6.42 Å². The zero-order valence-corrected chi connectivity index (χ0v) is 14.3. The van der Waals surface area contributed by atoms with Crippen LogP contribution in [0.5, 0.6) is 0 Å². The van der Waals surface area contributed by atoms with Crippen LogP contribution in [0.2, 0.25) is 0 Å². The first-order chi connectivity index (χ1) is 11.9. The van der Waals surface area contributed by atoms with E-state index in [0.29, 0.717) is 6.42 Å². The van der Waals surface area contributed by atoms with Crippen molar-refractivity contribution >= 4 is 28.8 Å². The van der Waals surface area contributed by atoms with E-state index in [1.807, 2.05) is 17.5 Å². The Labute approximate surface area is 146 Å². The molecule has 0 atom stereocenters.